The molecule has 0 saturated heterocycles. The average molecular weight is 381 g/mol. The third-order valence-corrected chi connectivity index (χ3v) is 4.48. The summed E-state index contributed by atoms with van der Waals surface area (Å²) >= 11 is 7.12. The fourth-order valence-corrected chi connectivity index (χ4v) is 2.78. The van der Waals surface area contributed by atoms with Gasteiger partial charge in [-0.2, -0.15) is 0 Å². The van der Waals surface area contributed by atoms with Crippen molar-refractivity contribution < 1.29 is 23.8 Å². The van der Waals surface area contributed by atoms with Crippen molar-refractivity contribution in [3.63, 3.8) is 0 Å². The number of rotatable bonds is 8. The standard InChI is InChI=1S/C18H17ClO5S/c1-22-16-8-3-12(9-17(16)23-2)15(20)10-24-18(21)11-25-14-6-4-13(19)5-7-14/h3-9H,10-11H2,1-2H3. The maximum atomic E-state index is 12.1. The molecule has 2 rings (SSSR count). The lowest BCUT2D eigenvalue weighted by molar-refractivity contribution is -0.139. The number of esters is 1. The molecular formula is C18H17ClO5S. The van der Waals surface area contributed by atoms with E-state index in [4.69, 9.17) is 25.8 Å². The summed E-state index contributed by atoms with van der Waals surface area (Å²) in [6.07, 6.45) is 0. The van der Waals surface area contributed by atoms with Gasteiger partial charge in [0.2, 0.25) is 0 Å². The molecule has 0 amide bonds. The van der Waals surface area contributed by atoms with Crippen LogP contribution in [-0.2, 0) is 9.53 Å². The lowest BCUT2D eigenvalue weighted by Crippen LogP contribution is -2.15. The minimum absolute atomic E-state index is 0.112. The molecule has 0 fully saturated rings. The van der Waals surface area contributed by atoms with Gasteiger partial charge < -0.3 is 14.2 Å². The predicted molar refractivity (Wildman–Crippen MR) is 97.0 cm³/mol. The maximum Gasteiger partial charge on any atom is 0.316 e. The first-order valence-electron chi connectivity index (χ1n) is 7.32. The molecule has 2 aromatic rings. The summed E-state index contributed by atoms with van der Waals surface area (Å²) in [5.41, 5.74) is 0.385. The number of carbonyl (C=O) groups is 2. The molecule has 25 heavy (non-hydrogen) atoms. The Morgan fingerprint density at radius 3 is 2.32 bits per heavy atom. The Kier molecular flexibility index (Phi) is 7.16. The van der Waals surface area contributed by atoms with Gasteiger partial charge in [-0.3, -0.25) is 9.59 Å². The fraction of sp³-hybridized carbons (Fsp3) is 0.222. The van der Waals surface area contributed by atoms with Crippen LogP contribution in [0.25, 0.3) is 0 Å². The molecule has 0 radical (unpaired) electrons. The molecule has 5 nitrogen and oxygen atoms in total. The Hall–Kier alpha value is -2.18. The van der Waals surface area contributed by atoms with Crippen molar-refractivity contribution in [3.05, 3.63) is 53.1 Å². The molecule has 7 heteroatoms. The van der Waals surface area contributed by atoms with Crippen LogP contribution in [0.4, 0.5) is 0 Å². The summed E-state index contributed by atoms with van der Waals surface area (Å²) < 4.78 is 15.3. The lowest BCUT2D eigenvalue weighted by Gasteiger charge is -2.09. The first-order valence-corrected chi connectivity index (χ1v) is 8.69. The summed E-state index contributed by atoms with van der Waals surface area (Å²) in [6.45, 7) is -0.324. The summed E-state index contributed by atoms with van der Waals surface area (Å²) in [7, 11) is 3.00. The van der Waals surface area contributed by atoms with Crippen molar-refractivity contribution in [2.75, 3.05) is 26.6 Å². The number of hydrogen-bond acceptors (Lipinski definition) is 6. The Morgan fingerprint density at radius 1 is 1.00 bits per heavy atom. The number of carbonyl (C=O) groups excluding carboxylic acids is 2. The van der Waals surface area contributed by atoms with Crippen molar-refractivity contribution in [2.24, 2.45) is 0 Å². The summed E-state index contributed by atoms with van der Waals surface area (Å²) in [5, 5.41) is 0.632. The Balaban J connectivity index is 1.84. The summed E-state index contributed by atoms with van der Waals surface area (Å²) in [4.78, 5) is 24.8. The number of halogens is 1. The van der Waals surface area contributed by atoms with E-state index < -0.39 is 5.97 Å². The number of ether oxygens (including phenoxy) is 3. The fourth-order valence-electron chi connectivity index (χ4n) is 1.95. The van der Waals surface area contributed by atoms with Crippen LogP contribution < -0.4 is 9.47 Å². The van der Waals surface area contributed by atoms with Gasteiger partial charge in [0.1, 0.15) is 0 Å². The molecule has 0 N–H and O–H groups in total. The quantitative estimate of drug-likeness (QED) is 0.393. The minimum Gasteiger partial charge on any atom is -0.493 e. The van der Waals surface area contributed by atoms with Crippen LogP contribution in [0.1, 0.15) is 10.4 Å². The van der Waals surface area contributed by atoms with Crippen molar-refractivity contribution in [1.82, 2.24) is 0 Å². The molecule has 0 atom stereocenters. The molecule has 0 aliphatic heterocycles. The molecule has 0 aliphatic carbocycles. The van der Waals surface area contributed by atoms with Crippen LogP contribution in [0, 0.1) is 0 Å². The van der Waals surface area contributed by atoms with Crippen LogP contribution in [0.2, 0.25) is 5.02 Å². The van der Waals surface area contributed by atoms with Gasteiger partial charge in [0.05, 0.1) is 20.0 Å². The van der Waals surface area contributed by atoms with Gasteiger partial charge in [0.25, 0.3) is 0 Å². The van der Waals surface area contributed by atoms with E-state index in [0.29, 0.717) is 22.1 Å². The maximum absolute atomic E-state index is 12.1. The molecule has 0 spiro atoms. The normalized spacial score (nSPS) is 10.2. The molecule has 132 valence electrons. The third kappa shape index (κ3) is 5.69. The zero-order valence-corrected chi connectivity index (χ0v) is 15.4. The highest BCUT2D eigenvalue weighted by molar-refractivity contribution is 8.00. The number of methoxy groups -OCH3 is 2. The first kappa shape index (κ1) is 19.1. The molecule has 0 unspecified atom stereocenters. The third-order valence-electron chi connectivity index (χ3n) is 3.24. The van der Waals surface area contributed by atoms with E-state index in [9.17, 15) is 9.59 Å². The monoisotopic (exact) mass is 380 g/mol. The van der Waals surface area contributed by atoms with Crippen molar-refractivity contribution in [2.45, 2.75) is 4.90 Å². The highest BCUT2D eigenvalue weighted by Gasteiger charge is 2.13. The SMILES string of the molecule is COc1ccc(C(=O)COC(=O)CSc2ccc(Cl)cc2)cc1OC. The van der Waals surface area contributed by atoms with Crippen LogP contribution in [0.15, 0.2) is 47.4 Å². The number of hydrogen-bond donors (Lipinski definition) is 0. The second-order valence-electron chi connectivity index (χ2n) is 4.90. The summed E-state index contributed by atoms with van der Waals surface area (Å²) in [5.74, 6) is 0.300. The molecule has 0 bridgehead atoms. The minimum atomic E-state index is -0.464. The van der Waals surface area contributed by atoms with Gasteiger partial charge >= 0.3 is 5.97 Å². The second-order valence-corrected chi connectivity index (χ2v) is 6.38. The number of ketones is 1. The van der Waals surface area contributed by atoms with Crippen molar-refractivity contribution in [1.29, 1.82) is 0 Å². The Morgan fingerprint density at radius 2 is 1.68 bits per heavy atom. The van der Waals surface area contributed by atoms with Crippen molar-refractivity contribution >= 4 is 35.1 Å². The average Bonchev–Trinajstić information content (AvgIpc) is 2.64. The van der Waals surface area contributed by atoms with Gasteiger partial charge in [0, 0.05) is 15.5 Å². The van der Waals surface area contributed by atoms with E-state index in [2.05, 4.69) is 0 Å². The first-order chi connectivity index (χ1) is 12.0. The molecule has 0 saturated carbocycles. The van der Waals surface area contributed by atoms with Crippen LogP contribution in [0.5, 0.6) is 11.5 Å². The van der Waals surface area contributed by atoms with Gasteiger partial charge in [-0.1, -0.05) is 11.6 Å². The van der Waals surface area contributed by atoms with Crippen LogP contribution in [0.3, 0.4) is 0 Å². The number of benzene rings is 2. The second kappa shape index (κ2) is 9.34. The Labute approximate surface area is 155 Å². The molecular weight excluding hydrogens is 364 g/mol. The van der Waals surface area contributed by atoms with E-state index in [1.807, 2.05) is 12.1 Å². The van der Waals surface area contributed by atoms with E-state index in [-0.39, 0.29) is 18.1 Å². The van der Waals surface area contributed by atoms with Crippen molar-refractivity contribution in [3.8, 4) is 11.5 Å². The summed E-state index contributed by atoms with van der Waals surface area (Å²) in [6, 6.07) is 11.9. The van der Waals surface area contributed by atoms with E-state index >= 15 is 0 Å². The smallest absolute Gasteiger partial charge is 0.316 e. The van der Waals surface area contributed by atoms with Crippen LogP contribution >= 0.6 is 23.4 Å². The zero-order valence-electron chi connectivity index (χ0n) is 13.8. The zero-order chi connectivity index (χ0) is 18.2. The van der Waals surface area contributed by atoms with Gasteiger partial charge in [-0.05, 0) is 42.5 Å². The van der Waals surface area contributed by atoms with E-state index in [0.717, 1.165) is 4.90 Å². The Bertz CT molecular complexity index is 746. The molecule has 0 heterocycles. The van der Waals surface area contributed by atoms with Gasteiger partial charge in [-0.25, -0.2) is 0 Å². The van der Waals surface area contributed by atoms with Gasteiger partial charge in [0.15, 0.2) is 23.9 Å². The predicted octanol–water partition coefficient (Wildman–Crippen LogP) is 3.88. The lowest BCUT2D eigenvalue weighted by atomic mass is 10.1. The highest BCUT2D eigenvalue weighted by Crippen LogP contribution is 2.27. The van der Waals surface area contributed by atoms with E-state index in [1.54, 1.807) is 30.3 Å². The molecule has 0 aromatic heterocycles. The largest absolute Gasteiger partial charge is 0.493 e. The molecule has 0 aliphatic rings. The van der Waals surface area contributed by atoms with E-state index in [1.165, 1.54) is 26.0 Å². The molecule has 2 aromatic carbocycles. The highest BCUT2D eigenvalue weighted by atomic mass is 35.5. The number of thioether (sulfide) groups is 1. The van der Waals surface area contributed by atoms with Crippen LogP contribution in [-0.4, -0.2) is 38.3 Å². The van der Waals surface area contributed by atoms with Gasteiger partial charge in [-0.15, -0.1) is 11.8 Å². The topological polar surface area (TPSA) is 61.8 Å². The number of Topliss-reactive ketones (excluding diaryl/α,β-unsaturated/α-hetero) is 1.